The molecular weight excluding hydrogens is 370 g/mol. The summed E-state index contributed by atoms with van der Waals surface area (Å²) in [6.45, 7) is 0.255. The average molecular weight is 387 g/mol. The fraction of sp³-hybridized carbons (Fsp3) is 0.389. The number of nitrogens with one attached hydrogen (secondary N) is 1. The molecule has 3 aliphatic rings. The number of benzene rings is 1. The molecule has 1 aliphatic heterocycles. The fourth-order valence-corrected chi connectivity index (χ4v) is 4.44. The number of fused-ring (bicyclic) bond motifs is 5. The van der Waals surface area contributed by atoms with Crippen LogP contribution in [0.2, 0.25) is 0 Å². The van der Waals surface area contributed by atoms with Gasteiger partial charge in [0, 0.05) is 17.8 Å². The van der Waals surface area contributed by atoms with Crippen LogP contribution in [0.4, 0.5) is 11.4 Å². The number of allylic oxidation sites excluding steroid dienone is 2. The summed E-state index contributed by atoms with van der Waals surface area (Å²) in [6, 6.07) is 5.75. The van der Waals surface area contributed by atoms with Crippen LogP contribution in [0.1, 0.15) is 6.42 Å². The van der Waals surface area contributed by atoms with Crippen LogP contribution in [0.5, 0.6) is 0 Å². The number of carbonyl (C=O) groups excluding carboxylic acids is 2. The molecule has 2 bridgehead atoms. The van der Waals surface area contributed by atoms with Gasteiger partial charge in [-0.1, -0.05) is 12.2 Å². The second-order valence-corrected chi connectivity index (χ2v) is 7.26. The normalized spacial score (nSPS) is 27.8. The summed E-state index contributed by atoms with van der Waals surface area (Å²) in [5.41, 5.74) is 0.531. The van der Waals surface area contributed by atoms with Crippen molar-refractivity contribution in [2.24, 2.45) is 23.7 Å². The predicted octanol–water partition coefficient (Wildman–Crippen LogP) is 2.12. The molecule has 27 heavy (non-hydrogen) atoms. The molecule has 1 saturated carbocycles. The number of hydrogen-bond acceptors (Lipinski definition) is 6. The van der Waals surface area contributed by atoms with Crippen LogP contribution in [0.15, 0.2) is 36.4 Å². The molecule has 2 fully saturated rings. The van der Waals surface area contributed by atoms with E-state index in [1.165, 1.54) is 29.2 Å². The van der Waals surface area contributed by atoms with E-state index in [0.29, 0.717) is 5.69 Å². The number of nitro benzene ring substituents is 1. The van der Waals surface area contributed by atoms with Gasteiger partial charge in [-0.05, 0) is 42.6 Å². The second-order valence-electron chi connectivity index (χ2n) is 6.89. The molecule has 4 rings (SSSR count). The Hall–Kier alpha value is -2.81. The second kappa shape index (κ2) is 6.73. The standard InChI is InChI=1S/C18H17N3O5S/c22-16-14-10-1-2-11(9-10)15(14)17(23)20(16)7-8-26-18(27)19-12-3-5-13(6-4-12)21(24)25/h1-6,10-11,14-15H,7-9H2,(H,19,27). The molecule has 140 valence electrons. The van der Waals surface area contributed by atoms with Crippen molar-refractivity contribution in [3.63, 3.8) is 0 Å². The van der Waals surface area contributed by atoms with Crippen LogP contribution in [0.3, 0.4) is 0 Å². The summed E-state index contributed by atoms with van der Waals surface area (Å²) < 4.78 is 5.40. The molecule has 4 atom stereocenters. The molecule has 1 N–H and O–H groups in total. The maximum Gasteiger partial charge on any atom is 0.269 e. The van der Waals surface area contributed by atoms with E-state index in [9.17, 15) is 19.7 Å². The van der Waals surface area contributed by atoms with E-state index in [-0.39, 0.29) is 59.5 Å². The number of imide groups is 1. The Morgan fingerprint density at radius 1 is 1.19 bits per heavy atom. The Balaban J connectivity index is 1.27. The minimum atomic E-state index is -0.486. The summed E-state index contributed by atoms with van der Waals surface area (Å²) in [6.07, 6.45) is 5.01. The van der Waals surface area contributed by atoms with Gasteiger partial charge in [-0.3, -0.25) is 24.6 Å². The highest BCUT2D eigenvalue weighted by molar-refractivity contribution is 7.80. The van der Waals surface area contributed by atoms with Crippen LogP contribution in [0.25, 0.3) is 0 Å². The van der Waals surface area contributed by atoms with E-state index in [0.717, 1.165) is 6.42 Å². The third-order valence-electron chi connectivity index (χ3n) is 5.43. The summed E-state index contributed by atoms with van der Waals surface area (Å²) in [4.78, 5) is 36.5. The molecule has 1 aromatic carbocycles. The largest absolute Gasteiger partial charge is 0.469 e. The smallest absolute Gasteiger partial charge is 0.269 e. The number of nitrogens with zero attached hydrogens (tertiary/aromatic N) is 2. The van der Waals surface area contributed by atoms with Crippen LogP contribution in [-0.2, 0) is 14.3 Å². The average Bonchev–Trinajstić information content (AvgIpc) is 3.31. The molecule has 4 unspecified atom stereocenters. The molecule has 1 saturated heterocycles. The van der Waals surface area contributed by atoms with E-state index in [4.69, 9.17) is 17.0 Å². The Labute approximate surface area is 160 Å². The molecule has 0 radical (unpaired) electrons. The van der Waals surface area contributed by atoms with E-state index < -0.39 is 4.92 Å². The molecule has 1 heterocycles. The quantitative estimate of drug-likeness (QED) is 0.271. The molecule has 9 heteroatoms. The van der Waals surface area contributed by atoms with E-state index >= 15 is 0 Å². The van der Waals surface area contributed by atoms with Crippen LogP contribution < -0.4 is 5.32 Å². The highest BCUT2D eigenvalue weighted by Crippen LogP contribution is 2.52. The first-order valence-electron chi connectivity index (χ1n) is 8.67. The Kier molecular flexibility index (Phi) is 4.39. The van der Waals surface area contributed by atoms with Gasteiger partial charge in [-0.15, -0.1) is 0 Å². The highest BCUT2D eigenvalue weighted by atomic mass is 32.1. The van der Waals surface area contributed by atoms with E-state index in [2.05, 4.69) is 17.5 Å². The first kappa shape index (κ1) is 17.6. The zero-order chi connectivity index (χ0) is 19.1. The number of non-ortho nitro benzene ring substituents is 1. The number of ether oxygens (including phenoxy) is 1. The molecule has 2 aliphatic carbocycles. The lowest BCUT2D eigenvalue weighted by Gasteiger charge is -2.17. The summed E-state index contributed by atoms with van der Waals surface area (Å²) in [5.74, 6) is -0.269. The lowest BCUT2D eigenvalue weighted by Crippen LogP contribution is -2.36. The molecule has 0 spiro atoms. The Morgan fingerprint density at radius 2 is 1.78 bits per heavy atom. The van der Waals surface area contributed by atoms with Crippen molar-refractivity contribution in [3.05, 3.63) is 46.5 Å². The lowest BCUT2D eigenvalue weighted by atomic mass is 9.85. The fourth-order valence-electron chi connectivity index (χ4n) is 4.23. The first-order chi connectivity index (χ1) is 13.0. The van der Waals surface area contributed by atoms with Crippen molar-refractivity contribution in [2.45, 2.75) is 6.42 Å². The SMILES string of the molecule is O=C1C2C3C=CC(C3)C2C(=O)N1CCOC(=S)Nc1ccc([N+](=O)[O-])cc1. The van der Waals surface area contributed by atoms with E-state index in [1.807, 2.05) is 0 Å². The summed E-state index contributed by atoms with van der Waals surface area (Å²) in [5, 5.41) is 13.5. The Morgan fingerprint density at radius 3 is 2.33 bits per heavy atom. The van der Waals surface area contributed by atoms with Crippen molar-refractivity contribution < 1.29 is 19.2 Å². The van der Waals surface area contributed by atoms with Crippen molar-refractivity contribution in [2.75, 3.05) is 18.5 Å². The highest BCUT2D eigenvalue weighted by Gasteiger charge is 2.59. The molecule has 2 amide bonds. The maximum atomic E-state index is 12.6. The Bertz CT molecular complexity index is 823. The van der Waals surface area contributed by atoms with Crippen LogP contribution in [-0.4, -0.2) is 40.0 Å². The molecular formula is C18H17N3O5S. The van der Waals surface area contributed by atoms with Gasteiger partial charge >= 0.3 is 0 Å². The molecule has 0 aromatic heterocycles. The first-order valence-corrected chi connectivity index (χ1v) is 9.08. The minimum Gasteiger partial charge on any atom is -0.469 e. The number of anilines is 1. The van der Waals surface area contributed by atoms with Gasteiger partial charge in [0.05, 0.1) is 23.3 Å². The number of rotatable bonds is 5. The molecule has 8 nitrogen and oxygen atoms in total. The summed E-state index contributed by atoms with van der Waals surface area (Å²) >= 11 is 5.08. The number of carbonyl (C=O) groups is 2. The lowest BCUT2D eigenvalue weighted by molar-refractivity contribution is -0.384. The van der Waals surface area contributed by atoms with Gasteiger partial charge in [0.2, 0.25) is 11.8 Å². The predicted molar refractivity (Wildman–Crippen MR) is 99.7 cm³/mol. The van der Waals surface area contributed by atoms with Gasteiger partial charge in [-0.2, -0.15) is 0 Å². The zero-order valence-electron chi connectivity index (χ0n) is 14.2. The number of nitro groups is 1. The maximum absolute atomic E-state index is 12.6. The van der Waals surface area contributed by atoms with Gasteiger partial charge in [0.1, 0.15) is 6.61 Å². The number of hydrogen-bond donors (Lipinski definition) is 1. The third-order valence-corrected chi connectivity index (χ3v) is 5.65. The van der Waals surface area contributed by atoms with Gasteiger partial charge in [-0.25, -0.2) is 0 Å². The minimum absolute atomic E-state index is 0.0209. The number of likely N-dealkylation sites (tertiary alicyclic amines) is 1. The van der Waals surface area contributed by atoms with Crippen molar-refractivity contribution in [1.29, 1.82) is 0 Å². The van der Waals surface area contributed by atoms with Crippen LogP contribution in [0, 0.1) is 33.8 Å². The van der Waals surface area contributed by atoms with Crippen LogP contribution >= 0.6 is 12.2 Å². The topological polar surface area (TPSA) is 102 Å². The van der Waals surface area contributed by atoms with Gasteiger partial charge in [0.15, 0.2) is 0 Å². The monoisotopic (exact) mass is 387 g/mol. The van der Waals surface area contributed by atoms with E-state index in [1.54, 1.807) is 0 Å². The number of thiocarbonyl (C=S) groups is 1. The molecule has 1 aromatic rings. The number of amides is 2. The van der Waals surface area contributed by atoms with Crippen molar-refractivity contribution in [3.8, 4) is 0 Å². The van der Waals surface area contributed by atoms with Gasteiger partial charge < -0.3 is 10.1 Å². The van der Waals surface area contributed by atoms with Gasteiger partial charge in [0.25, 0.3) is 10.9 Å². The van der Waals surface area contributed by atoms with Crippen molar-refractivity contribution in [1.82, 2.24) is 4.90 Å². The summed E-state index contributed by atoms with van der Waals surface area (Å²) in [7, 11) is 0. The third kappa shape index (κ3) is 3.08. The zero-order valence-corrected chi connectivity index (χ0v) is 15.1. The van der Waals surface area contributed by atoms with Crippen molar-refractivity contribution >= 4 is 40.6 Å².